The standard InChI is InChI=1S/C16H24O5/c1-4-14-6-7-15(17)16(10-14)21-12-19-9-5-8-18-11-20-13(2)3/h6-7,10,17H,2,4-5,8-9,11-12H2,1,3H3. The second kappa shape index (κ2) is 10.1. The lowest BCUT2D eigenvalue weighted by Crippen LogP contribution is -2.07. The summed E-state index contributed by atoms with van der Waals surface area (Å²) in [7, 11) is 0. The third kappa shape index (κ3) is 7.58. The number of hydrogen-bond donors (Lipinski definition) is 1. The summed E-state index contributed by atoms with van der Waals surface area (Å²) in [4.78, 5) is 0. The minimum absolute atomic E-state index is 0.100. The van der Waals surface area contributed by atoms with Crippen molar-refractivity contribution in [3.8, 4) is 11.5 Å². The van der Waals surface area contributed by atoms with Crippen LogP contribution >= 0.6 is 0 Å². The number of aromatic hydroxyl groups is 1. The van der Waals surface area contributed by atoms with Crippen LogP contribution in [0.2, 0.25) is 0 Å². The summed E-state index contributed by atoms with van der Waals surface area (Å²) >= 11 is 0. The Morgan fingerprint density at radius 3 is 2.57 bits per heavy atom. The van der Waals surface area contributed by atoms with Crippen LogP contribution in [0.25, 0.3) is 0 Å². The van der Waals surface area contributed by atoms with E-state index in [0.717, 1.165) is 18.4 Å². The molecule has 0 aliphatic heterocycles. The molecule has 0 bridgehead atoms. The van der Waals surface area contributed by atoms with E-state index < -0.39 is 0 Å². The SMILES string of the molecule is C=C(C)OCOCCCOCOc1cc(CC)ccc1O. The van der Waals surface area contributed by atoms with Gasteiger partial charge in [0, 0.05) is 0 Å². The van der Waals surface area contributed by atoms with Gasteiger partial charge in [0.15, 0.2) is 25.1 Å². The number of phenolic OH excluding ortho intramolecular Hbond substituents is 1. The van der Waals surface area contributed by atoms with Crippen molar-refractivity contribution in [3.63, 3.8) is 0 Å². The van der Waals surface area contributed by atoms with Crippen LogP contribution in [0.3, 0.4) is 0 Å². The van der Waals surface area contributed by atoms with Gasteiger partial charge < -0.3 is 24.1 Å². The molecule has 1 aromatic carbocycles. The number of rotatable bonds is 11. The van der Waals surface area contributed by atoms with Gasteiger partial charge in [-0.15, -0.1) is 0 Å². The predicted octanol–water partition coefficient (Wildman–Crippen LogP) is 3.22. The summed E-state index contributed by atoms with van der Waals surface area (Å²) in [5.41, 5.74) is 1.11. The van der Waals surface area contributed by atoms with Crippen molar-refractivity contribution in [1.29, 1.82) is 0 Å². The van der Waals surface area contributed by atoms with Crippen molar-refractivity contribution < 1.29 is 24.1 Å². The molecule has 0 atom stereocenters. The van der Waals surface area contributed by atoms with Gasteiger partial charge in [-0.05, 0) is 37.5 Å². The summed E-state index contributed by atoms with van der Waals surface area (Å²) in [5, 5.41) is 9.65. The van der Waals surface area contributed by atoms with Gasteiger partial charge in [0.2, 0.25) is 0 Å². The number of benzene rings is 1. The maximum atomic E-state index is 9.65. The quantitative estimate of drug-likeness (QED) is 0.386. The average Bonchev–Trinajstić information content (AvgIpc) is 2.47. The second-order valence-electron chi connectivity index (χ2n) is 4.55. The van der Waals surface area contributed by atoms with Crippen molar-refractivity contribution in [1.82, 2.24) is 0 Å². The molecule has 5 heteroatoms. The highest BCUT2D eigenvalue weighted by atomic mass is 16.7. The Morgan fingerprint density at radius 1 is 1.19 bits per heavy atom. The zero-order valence-corrected chi connectivity index (χ0v) is 12.8. The average molecular weight is 296 g/mol. The van der Waals surface area contributed by atoms with E-state index >= 15 is 0 Å². The summed E-state index contributed by atoms with van der Waals surface area (Å²) in [5.74, 6) is 1.20. The first kappa shape index (κ1) is 17.3. The van der Waals surface area contributed by atoms with Crippen molar-refractivity contribution >= 4 is 0 Å². The zero-order valence-electron chi connectivity index (χ0n) is 12.8. The van der Waals surface area contributed by atoms with E-state index in [0.29, 0.717) is 24.7 Å². The summed E-state index contributed by atoms with van der Waals surface area (Å²) in [6, 6.07) is 5.31. The monoisotopic (exact) mass is 296 g/mol. The maximum Gasteiger partial charge on any atom is 0.189 e. The first-order chi connectivity index (χ1) is 10.1. The van der Waals surface area contributed by atoms with E-state index in [1.54, 1.807) is 13.0 Å². The molecule has 0 fully saturated rings. The lowest BCUT2D eigenvalue weighted by molar-refractivity contribution is -0.0385. The second-order valence-corrected chi connectivity index (χ2v) is 4.55. The van der Waals surface area contributed by atoms with Crippen LogP contribution in [0.15, 0.2) is 30.5 Å². The van der Waals surface area contributed by atoms with Crippen LogP contribution in [0.4, 0.5) is 0 Å². The number of ether oxygens (including phenoxy) is 4. The Bertz CT molecular complexity index is 431. The number of hydrogen-bond acceptors (Lipinski definition) is 5. The smallest absolute Gasteiger partial charge is 0.189 e. The fraction of sp³-hybridized carbons (Fsp3) is 0.500. The number of aryl methyl sites for hydroxylation is 1. The third-order valence-corrected chi connectivity index (χ3v) is 2.70. The van der Waals surface area contributed by atoms with Crippen LogP contribution < -0.4 is 4.74 Å². The maximum absolute atomic E-state index is 9.65. The Kier molecular flexibility index (Phi) is 8.31. The highest BCUT2D eigenvalue weighted by Crippen LogP contribution is 2.26. The molecule has 0 aliphatic carbocycles. The molecule has 0 unspecified atom stereocenters. The fourth-order valence-electron chi connectivity index (χ4n) is 1.52. The molecule has 0 amide bonds. The third-order valence-electron chi connectivity index (χ3n) is 2.70. The molecule has 1 N–H and O–H groups in total. The van der Waals surface area contributed by atoms with Gasteiger partial charge in [-0.3, -0.25) is 0 Å². The molecular weight excluding hydrogens is 272 g/mol. The van der Waals surface area contributed by atoms with Gasteiger partial charge in [-0.2, -0.15) is 0 Å². The molecule has 0 saturated carbocycles. The minimum atomic E-state index is 0.100. The summed E-state index contributed by atoms with van der Waals surface area (Å²) in [6.45, 7) is 8.79. The molecule has 0 saturated heterocycles. The van der Waals surface area contributed by atoms with Gasteiger partial charge >= 0.3 is 0 Å². The first-order valence-electron chi connectivity index (χ1n) is 7.02. The van der Waals surface area contributed by atoms with Crippen molar-refractivity contribution in [2.75, 3.05) is 26.8 Å². The van der Waals surface area contributed by atoms with E-state index in [1.165, 1.54) is 0 Å². The molecule has 21 heavy (non-hydrogen) atoms. The van der Waals surface area contributed by atoms with Crippen LogP contribution in [0, 0.1) is 0 Å². The Balaban J connectivity index is 2.08. The minimum Gasteiger partial charge on any atom is -0.504 e. The highest BCUT2D eigenvalue weighted by molar-refractivity contribution is 5.41. The molecular formula is C16H24O5. The van der Waals surface area contributed by atoms with Gasteiger partial charge in [0.1, 0.15) is 0 Å². The first-order valence-corrected chi connectivity index (χ1v) is 7.02. The fourth-order valence-corrected chi connectivity index (χ4v) is 1.52. The zero-order chi connectivity index (χ0) is 15.5. The Morgan fingerprint density at radius 2 is 1.90 bits per heavy atom. The number of phenols is 1. The van der Waals surface area contributed by atoms with Crippen molar-refractivity contribution in [2.45, 2.75) is 26.7 Å². The lowest BCUT2D eigenvalue weighted by Gasteiger charge is -2.10. The number of allylic oxidation sites excluding steroid dienone is 1. The van der Waals surface area contributed by atoms with E-state index in [9.17, 15) is 5.11 Å². The highest BCUT2D eigenvalue weighted by Gasteiger charge is 2.03. The van der Waals surface area contributed by atoms with Gasteiger partial charge in [0.25, 0.3) is 0 Å². The van der Waals surface area contributed by atoms with Crippen molar-refractivity contribution in [3.05, 3.63) is 36.1 Å². The topological polar surface area (TPSA) is 57.2 Å². The van der Waals surface area contributed by atoms with Crippen LogP contribution in [0.5, 0.6) is 11.5 Å². The van der Waals surface area contributed by atoms with Crippen LogP contribution in [-0.4, -0.2) is 31.9 Å². The molecule has 0 radical (unpaired) electrons. The molecule has 5 nitrogen and oxygen atoms in total. The molecule has 1 aromatic rings. The molecule has 0 aliphatic rings. The van der Waals surface area contributed by atoms with E-state index in [1.807, 2.05) is 19.1 Å². The van der Waals surface area contributed by atoms with E-state index in [4.69, 9.17) is 18.9 Å². The predicted molar refractivity (Wildman–Crippen MR) is 80.3 cm³/mol. The summed E-state index contributed by atoms with van der Waals surface area (Å²) < 4.78 is 21.0. The normalized spacial score (nSPS) is 10.4. The van der Waals surface area contributed by atoms with Gasteiger partial charge in [-0.25, -0.2) is 0 Å². The van der Waals surface area contributed by atoms with Crippen molar-refractivity contribution in [2.24, 2.45) is 0 Å². The Labute approximate surface area is 126 Å². The summed E-state index contributed by atoms with van der Waals surface area (Å²) in [6.07, 6.45) is 1.63. The van der Waals surface area contributed by atoms with Gasteiger partial charge in [-0.1, -0.05) is 19.6 Å². The lowest BCUT2D eigenvalue weighted by atomic mass is 10.1. The van der Waals surface area contributed by atoms with Crippen LogP contribution in [0.1, 0.15) is 25.8 Å². The molecule has 1 rings (SSSR count). The molecule has 0 heterocycles. The molecule has 0 spiro atoms. The molecule has 118 valence electrons. The van der Waals surface area contributed by atoms with Crippen LogP contribution in [-0.2, 0) is 20.6 Å². The Hall–Kier alpha value is -1.72. The largest absolute Gasteiger partial charge is 0.504 e. The molecule has 0 aromatic heterocycles. The van der Waals surface area contributed by atoms with Gasteiger partial charge in [0.05, 0.1) is 19.0 Å². The van der Waals surface area contributed by atoms with E-state index in [-0.39, 0.29) is 19.3 Å². The van der Waals surface area contributed by atoms with E-state index in [2.05, 4.69) is 6.58 Å².